The maximum Gasteiger partial charge on any atom is 0.0638 e. The van der Waals surface area contributed by atoms with Gasteiger partial charge in [-0.25, -0.2) is 0 Å². The van der Waals surface area contributed by atoms with Gasteiger partial charge in [-0.15, -0.1) is 0 Å². The van der Waals surface area contributed by atoms with Gasteiger partial charge in [0, 0.05) is 44.5 Å². The van der Waals surface area contributed by atoms with Crippen LogP contribution in [0.4, 0.5) is 0 Å². The molecule has 1 saturated heterocycles. The van der Waals surface area contributed by atoms with E-state index in [1.165, 1.54) is 49.3 Å². The van der Waals surface area contributed by atoms with Crippen LogP contribution in [0.2, 0.25) is 0 Å². The van der Waals surface area contributed by atoms with Gasteiger partial charge in [0.25, 0.3) is 0 Å². The summed E-state index contributed by atoms with van der Waals surface area (Å²) in [5.74, 6) is 0.783. The lowest BCUT2D eigenvalue weighted by Gasteiger charge is -2.34. The van der Waals surface area contributed by atoms with E-state index in [0.717, 1.165) is 38.4 Å². The van der Waals surface area contributed by atoms with Crippen molar-refractivity contribution in [3.05, 3.63) is 53.3 Å². The van der Waals surface area contributed by atoms with E-state index in [1.54, 1.807) is 0 Å². The van der Waals surface area contributed by atoms with Crippen molar-refractivity contribution in [2.75, 3.05) is 33.2 Å². The van der Waals surface area contributed by atoms with Gasteiger partial charge in [-0.2, -0.15) is 5.10 Å². The highest BCUT2D eigenvalue weighted by Crippen LogP contribution is 2.19. The van der Waals surface area contributed by atoms with Gasteiger partial charge >= 0.3 is 0 Å². The summed E-state index contributed by atoms with van der Waals surface area (Å²) in [6.07, 6.45) is 7.21. The van der Waals surface area contributed by atoms with Crippen LogP contribution in [0.25, 0.3) is 0 Å². The largest absolute Gasteiger partial charge is 0.306 e. The van der Waals surface area contributed by atoms with Crippen LogP contribution >= 0.6 is 0 Å². The average Bonchev–Trinajstić information content (AvgIpc) is 3.00. The molecule has 2 aromatic rings. The predicted octanol–water partition coefficient (Wildman–Crippen LogP) is 3.99. The molecule has 27 heavy (non-hydrogen) atoms. The van der Waals surface area contributed by atoms with Crippen LogP contribution in [-0.2, 0) is 19.5 Å². The molecule has 0 saturated carbocycles. The van der Waals surface area contributed by atoms with Crippen LogP contribution in [0.3, 0.4) is 0 Å². The summed E-state index contributed by atoms with van der Waals surface area (Å²) in [5.41, 5.74) is 4.01. The van der Waals surface area contributed by atoms with Gasteiger partial charge < -0.3 is 4.90 Å². The Morgan fingerprint density at radius 3 is 2.78 bits per heavy atom. The second-order valence-electron chi connectivity index (χ2n) is 8.24. The molecular weight excluding hydrogens is 332 g/mol. The molecule has 3 rings (SSSR count). The minimum absolute atomic E-state index is 0.783. The highest BCUT2D eigenvalue weighted by atomic mass is 15.3. The molecule has 1 atom stereocenters. The normalized spacial score (nSPS) is 18.3. The second kappa shape index (κ2) is 10.0. The number of hydrogen-bond acceptors (Lipinski definition) is 3. The first-order valence-electron chi connectivity index (χ1n) is 10.6. The van der Waals surface area contributed by atoms with Gasteiger partial charge in [-0.05, 0) is 57.7 Å². The number of aryl methyl sites for hydroxylation is 2. The number of nitrogens with zero attached hydrogens (tertiary/aromatic N) is 4. The van der Waals surface area contributed by atoms with Crippen LogP contribution < -0.4 is 0 Å². The summed E-state index contributed by atoms with van der Waals surface area (Å²) in [5, 5.41) is 4.71. The maximum absolute atomic E-state index is 4.71. The Labute approximate surface area is 165 Å². The molecule has 4 nitrogen and oxygen atoms in total. The van der Waals surface area contributed by atoms with Crippen molar-refractivity contribution in [1.82, 2.24) is 19.6 Å². The Balaban J connectivity index is 1.66. The zero-order valence-corrected chi connectivity index (χ0v) is 17.4. The van der Waals surface area contributed by atoms with Crippen LogP contribution in [0.5, 0.6) is 0 Å². The number of piperidine rings is 1. The van der Waals surface area contributed by atoms with E-state index in [1.807, 2.05) is 0 Å². The monoisotopic (exact) mass is 368 g/mol. The number of likely N-dealkylation sites (tertiary alicyclic amines) is 1. The van der Waals surface area contributed by atoms with E-state index in [9.17, 15) is 0 Å². The first-order chi connectivity index (χ1) is 13.1. The van der Waals surface area contributed by atoms with Crippen molar-refractivity contribution in [2.45, 2.75) is 52.6 Å². The molecule has 4 heteroatoms. The van der Waals surface area contributed by atoms with Gasteiger partial charge in [0.05, 0.1) is 5.69 Å². The number of hydrogen-bond donors (Lipinski definition) is 0. The Bertz CT molecular complexity index is 679. The fourth-order valence-corrected chi connectivity index (χ4v) is 4.25. The average molecular weight is 369 g/mol. The zero-order valence-electron chi connectivity index (χ0n) is 17.4. The molecule has 0 unspecified atom stereocenters. The highest BCUT2D eigenvalue weighted by Gasteiger charge is 2.21. The summed E-state index contributed by atoms with van der Waals surface area (Å²) < 4.78 is 2.12. The molecule has 0 N–H and O–H groups in total. The minimum atomic E-state index is 0.783. The standard InChI is InChI=1S/C23H36N4/c1-4-13-27-19-23(20(2)24-27)18-26(15-12-21-9-6-5-7-10-21)17-22-11-8-14-25(3)16-22/h5-7,9-10,19,22H,4,8,11-18H2,1-3H3/t22-/m0/s1. The summed E-state index contributed by atoms with van der Waals surface area (Å²) >= 11 is 0. The van der Waals surface area contributed by atoms with E-state index >= 15 is 0 Å². The molecule has 0 aliphatic carbocycles. The van der Waals surface area contributed by atoms with Gasteiger partial charge in [-0.3, -0.25) is 9.58 Å². The molecule has 1 aliphatic rings. The Morgan fingerprint density at radius 2 is 2.04 bits per heavy atom. The quantitative estimate of drug-likeness (QED) is 0.669. The molecule has 1 aliphatic heterocycles. The lowest BCUT2D eigenvalue weighted by atomic mass is 9.97. The molecule has 1 aromatic carbocycles. The zero-order chi connectivity index (χ0) is 19.1. The van der Waals surface area contributed by atoms with Crippen molar-refractivity contribution in [3.63, 3.8) is 0 Å². The van der Waals surface area contributed by atoms with Crippen molar-refractivity contribution < 1.29 is 0 Å². The van der Waals surface area contributed by atoms with Gasteiger partial charge in [0.15, 0.2) is 0 Å². The molecular formula is C23H36N4. The summed E-state index contributed by atoms with van der Waals surface area (Å²) in [6, 6.07) is 10.9. The second-order valence-corrected chi connectivity index (χ2v) is 8.24. The SMILES string of the molecule is CCCn1cc(CN(CCc2ccccc2)C[C@H]2CCCN(C)C2)c(C)n1. The Kier molecular flexibility index (Phi) is 7.48. The molecule has 2 heterocycles. The topological polar surface area (TPSA) is 24.3 Å². The van der Waals surface area contributed by atoms with E-state index in [0.29, 0.717) is 0 Å². The molecule has 148 valence electrons. The smallest absolute Gasteiger partial charge is 0.0638 e. The third-order valence-electron chi connectivity index (χ3n) is 5.69. The summed E-state index contributed by atoms with van der Waals surface area (Å²) in [4.78, 5) is 5.16. The van der Waals surface area contributed by atoms with Crippen molar-refractivity contribution in [3.8, 4) is 0 Å². The molecule has 0 amide bonds. The predicted molar refractivity (Wildman–Crippen MR) is 113 cm³/mol. The highest BCUT2D eigenvalue weighted by molar-refractivity contribution is 5.17. The van der Waals surface area contributed by atoms with Gasteiger partial charge in [0.1, 0.15) is 0 Å². The fraction of sp³-hybridized carbons (Fsp3) is 0.609. The van der Waals surface area contributed by atoms with Crippen LogP contribution in [-0.4, -0.2) is 52.8 Å². The van der Waals surface area contributed by atoms with Crippen LogP contribution in [0.1, 0.15) is 43.0 Å². The third kappa shape index (κ3) is 6.18. The van der Waals surface area contributed by atoms with Crippen molar-refractivity contribution in [2.24, 2.45) is 5.92 Å². The van der Waals surface area contributed by atoms with Gasteiger partial charge in [0.2, 0.25) is 0 Å². The minimum Gasteiger partial charge on any atom is -0.306 e. The van der Waals surface area contributed by atoms with Crippen LogP contribution in [0.15, 0.2) is 36.5 Å². The summed E-state index contributed by atoms with van der Waals surface area (Å²) in [7, 11) is 2.26. The van der Waals surface area contributed by atoms with E-state index in [-0.39, 0.29) is 0 Å². The Morgan fingerprint density at radius 1 is 1.22 bits per heavy atom. The van der Waals surface area contributed by atoms with E-state index in [2.05, 4.69) is 71.9 Å². The Hall–Kier alpha value is -1.65. The first-order valence-corrected chi connectivity index (χ1v) is 10.6. The molecule has 0 radical (unpaired) electrons. The fourth-order valence-electron chi connectivity index (χ4n) is 4.25. The van der Waals surface area contributed by atoms with Gasteiger partial charge in [-0.1, -0.05) is 37.3 Å². The number of aromatic nitrogens is 2. The molecule has 1 aromatic heterocycles. The number of benzene rings is 1. The van der Waals surface area contributed by atoms with Crippen LogP contribution in [0, 0.1) is 12.8 Å². The first kappa shape index (κ1) is 20.1. The summed E-state index contributed by atoms with van der Waals surface area (Å²) in [6.45, 7) is 11.2. The lowest BCUT2D eigenvalue weighted by Crippen LogP contribution is -2.39. The van der Waals surface area contributed by atoms with E-state index in [4.69, 9.17) is 5.10 Å². The van der Waals surface area contributed by atoms with E-state index < -0.39 is 0 Å². The number of rotatable bonds is 9. The van der Waals surface area contributed by atoms with Crippen molar-refractivity contribution in [1.29, 1.82) is 0 Å². The maximum atomic E-state index is 4.71. The lowest BCUT2D eigenvalue weighted by molar-refractivity contribution is 0.148. The molecule has 1 fully saturated rings. The molecule has 0 bridgehead atoms. The van der Waals surface area contributed by atoms with Crippen molar-refractivity contribution >= 4 is 0 Å². The third-order valence-corrected chi connectivity index (χ3v) is 5.69. The molecule has 0 spiro atoms.